The van der Waals surface area contributed by atoms with Gasteiger partial charge in [-0.3, -0.25) is 0 Å². The van der Waals surface area contributed by atoms with Gasteiger partial charge in [0.2, 0.25) is 0 Å². The monoisotopic (exact) mass is 348 g/mol. The Morgan fingerprint density at radius 1 is 1.29 bits per heavy atom. The van der Waals surface area contributed by atoms with E-state index >= 15 is 0 Å². The Bertz CT molecular complexity index is 512. The third kappa shape index (κ3) is 6.73. The summed E-state index contributed by atoms with van der Waals surface area (Å²) in [6.07, 6.45) is 2.67. The summed E-state index contributed by atoms with van der Waals surface area (Å²) >= 11 is 2.08. The average Bonchev–Trinajstić information content (AvgIpc) is 3.11. The van der Waals surface area contributed by atoms with Crippen LogP contribution in [-0.2, 0) is 13.1 Å². The van der Waals surface area contributed by atoms with E-state index < -0.39 is 0 Å². The fourth-order valence-corrected chi connectivity index (χ4v) is 3.98. The molecule has 1 fully saturated rings. The Kier molecular flexibility index (Phi) is 8.47. The third-order valence-corrected chi connectivity index (χ3v) is 5.67. The maximum atomic E-state index is 4.76. The highest BCUT2D eigenvalue weighted by Crippen LogP contribution is 2.25. The van der Waals surface area contributed by atoms with Crippen LogP contribution in [-0.4, -0.2) is 48.5 Å². The molecule has 0 amide bonds. The molecule has 0 aromatic heterocycles. The first kappa shape index (κ1) is 19.1. The second-order valence-corrected chi connectivity index (χ2v) is 7.77. The zero-order valence-corrected chi connectivity index (χ0v) is 16.2. The van der Waals surface area contributed by atoms with Crippen molar-refractivity contribution in [3.05, 3.63) is 35.4 Å². The molecule has 1 aliphatic heterocycles. The standard InChI is InChI=1S/C19H32N4S/c1-4-20-19(22-14-18-10-7-11-24-18)21-13-16-8-6-9-17(12-16)15-23(3)5-2/h6,8-9,12,18H,4-5,7,10-11,13-15H2,1-3H3,(H2,20,21,22). The topological polar surface area (TPSA) is 39.7 Å². The number of hydrogen-bond donors (Lipinski definition) is 2. The van der Waals surface area contributed by atoms with E-state index in [-0.39, 0.29) is 0 Å². The Balaban J connectivity index is 1.90. The quantitative estimate of drug-likeness (QED) is 0.559. The number of guanidine groups is 1. The molecule has 4 nitrogen and oxygen atoms in total. The summed E-state index contributed by atoms with van der Waals surface area (Å²) in [5.74, 6) is 2.24. The first-order chi connectivity index (χ1) is 11.7. The smallest absolute Gasteiger partial charge is 0.191 e. The zero-order chi connectivity index (χ0) is 17.2. The van der Waals surface area contributed by atoms with E-state index in [0.29, 0.717) is 0 Å². The van der Waals surface area contributed by atoms with Gasteiger partial charge in [-0.25, -0.2) is 4.99 Å². The van der Waals surface area contributed by atoms with Gasteiger partial charge in [-0.2, -0.15) is 11.8 Å². The van der Waals surface area contributed by atoms with Gasteiger partial charge < -0.3 is 15.5 Å². The molecule has 0 radical (unpaired) electrons. The number of hydrogen-bond acceptors (Lipinski definition) is 3. The summed E-state index contributed by atoms with van der Waals surface area (Å²) in [4.78, 5) is 7.07. The third-order valence-electron chi connectivity index (χ3n) is 4.27. The molecule has 1 unspecified atom stereocenters. The van der Waals surface area contributed by atoms with Crippen molar-refractivity contribution in [3.8, 4) is 0 Å². The molecule has 0 spiro atoms. The molecule has 1 heterocycles. The molecule has 1 saturated heterocycles. The molecule has 2 N–H and O–H groups in total. The molecule has 5 heteroatoms. The summed E-state index contributed by atoms with van der Waals surface area (Å²) in [6.45, 7) is 8.98. The number of thioether (sulfide) groups is 1. The molecule has 0 saturated carbocycles. The summed E-state index contributed by atoms with van der Waals surface area (Å²) < 4.78 is 0. The van der Waals surface area contributed by atoms with E-state index in [4.69, 9.17) is 4.99 Å². The minimum atomic E-state index is 0.719. The van der Waals surface area contributed by atoms with Crippen LogP contribution in [0.3, 0.4) is 0 Å². The highest BCUT2D eigenvalue weighted by molar-refractivity contribution is 8.00. The molecule has 2 rings (SSSR count). The van der Waals surface area contributed by atoms with Crippen LogP contribution >= 0.6 is 11.8 Å². The highest BCUT2D eigenvalue weighted by atomic mass is 32.2. The SMILES string of the molecule is CCNC(=NCc1cccc(CN(C)CC)c1)NCC1CCCS1. The minimum Gasteiger partial charge on any atom is -0.357 e. The van der Waals surface area contributed by atoms with Crippen molar-refractivity contribution < 1.29 is 0 Å². The van der Waals surface area contributed by atoms with Gasteiger partial charge in [0.25, 0.3) is 0 Å². The van der Waals surface area contributed by atoms with Crippen LogP contribution in [0.15, 0.2) is 29.3 Å². The largest absolute Gasteiger partial charge is 0.357 e. The summed E-state index contributed by atoms with van der Waals surface area (Å²) in [6, 6.07) is 8.76. The van der Waals surface area contributed by atoms with Gasteiger partial charge in [0, 0.05) is 24.9 Å². The van der Waals surface area contributed by atoms with Crippen LogP contribution in [0.25, 0.3) is 0 Å². The predicted molar refractivity (Wildman–Crippen MR) is 107 cm³/mol. The molecule has 1 aromatic carbocycles. The Hall–Kier alpha value is -1.20. The van der Waals surface area contributed by atoms with Gasteiger partial charge in [0.05, 0.1) is 6.54 Å². The van der Waals surface area contributed by atoms with Crippen LogP contribution < -0.4 is 10.6 Å². The van der Waals surface area contributed by atoms with Gasteiger partial charge in [-0.15, -0.1) is 0 Å². The van der Waals surface area contributed by atoms with Gasteiger partial charge in [0.15, 0.2) is 5.96 Å². The second kappa shape index (κ2) is 10.6. The molecule has 24 heavy (non-hydrogen) atoms. The molecule has 134 valence electrons. The number of nitrogens with zero attached hydrogens (tertiary/aromatic N) is 2. The van der Waals surface area contributed by atoms with Crippen molar-refractivity contribution in [2.45, 2.75) is 45.0 Å². The highest BCUT2D eigenvalue weighted by Gasteiger charge is 2.15. The first-order valence-corrected chi connectivity index (χ1v) is 10.2. The Morgan fingerprint density at radius 2 is 2.12 bits per heavy atom. The summed E-state index contributed by atoms with van der Waals surface area (Å²) in [5.41, 5.74) is 2.62. The van der Waals surface area contributed by atoms with Gasteiger partial charge in [0.1, 0.15) is 0 Å². The molecule has 1 aromatic rings. The van der Waals surface area contributed by atoms with Crippen molar-refractivity contribution in [1.82, 2.24) is 15.5 Å². The molecular formula is C19H32N4S. The van der Waals surface area contributed by atoms with Gasteiger partial charge >= 0.3 is 0 Å². The fourth-order valence-electron chi connectivity index (χ4n) is 2.78. The fraction of sp³-hybridized carbons (Fsp3) is 0.632. The summed E-state index contributed by atoms with van der Waals surface area (Å²) in [5, 5.41) is 7.59. The molecular weight excluding hydrogens is 316 g/mol. The lowest BCUT2D eigenvalue weighted by Crippen LogP contribution is -2.40. The number of rotatable bonds is 8. The van der Waals surface area contributed by atoms with E-state index in [9.17, 15) is 0 Å². The summed E-state index contributed by atoms with van der Waals surface area (Å²) in [7, 11) is 2.15. The molecule has 1 atom stereocenters. The molecule has 0 bridgehead atoms. The average molecular weight is 349 g/mol. The van der Waals surface area contributed by atoms with Crippen LogP contribution in [0.1, 0.15) is 37.8 Å². The van der Waals surface area contributed by atoms with E-state index in [1.54, 1.807) is 0 Å². The Morgan fingerprint density at radius 3 is 2.83 bits per heavy atom. The van der Waals surface area contributed by atoms with Crippen LogP contribution in [0.2, 0.25) is 0 Å². The van der Waals surface area contributed by atoms with E-state index in [1.165, 1.54) is 29.7 Å². The molecule has 0 aliphatic carbocycles. The lowest BCUT2D eigenvalue weighted by molar-refractivity contribution is 0.345. The van der Waals surface area contributed by atoms with Crippen molar-refractivity contribution in [3.63, 3.8) is 0 Å². The number of nitrogens with one attached hydrogen (secondary N) is 2. The van der Waals surface area contributed by atoms with Crippen molar-refractivity contribution in [1.29, 1.82) is 0 Å². The van der Waals surface area contributed by atoms with Crippen LogP contribution in [0.5, 0.6) is 0 Å². The predicted octanol–water partition coefficient (Wildman–Crippen LogP) is 3.09. The van der Waals surface area contributed by atoms with Crippen molar-refractivity contribution in [2.24, 2.45) is 4.99 Å². The number of benzene rings is 1. The van der Waals surface area contributed by atoms with E-state index in [0.717, 1.165) is 43.9 Å². The second-order valence-electron chi connectivity index (χ2n) is 6.36. The lowest BCUT2D eigenvalue weighted by Gasteiger charge is -2.15. The van der Waals surface area contributed by atoms with Gasteiger partial charge in [-0.1, -0.05) is 31.2 Å². The lowest BCUT2D eigenvalue weighted by atomic mass is 10.1. The van der Waals surface area contributed by atoms with E-state index in [2.05, 4.69) is 72.5 Å². The minimum absolute atomic E-state index is 0.719. The van der Waals surface area contributed by atoms with E-state index in [1.807, 2.05) is 0 Å². The number of aliphatic imine (C=N–C) groups is 1. The first-order valence-electron chi connectivity index (χ1n) is 9.11. The van der Waals surface area contributed by atoms with Crippen molar-refractivity contribution >= 4 is 17.7 Å². The van der Waals surface area contributed by atoms with Crippen LogP contribution in [0, 0.1) is 0 Å². The Labute approximate surface area is 151 Å². The van der Waals surface area contributed by atoms with Gasteiger partial charge in [-0.05, 0) is 50.2 Å². The maximum Gasteiger partial charge on any atom is 0.191 e. The normalized spacial score (nSPS) is 18.2. The van der Waals surface area contributed by atoms with Crippen molar-refractivity contribution in [2.75, 3.05) is 32.4 Å². The van der Waals surface area contributed by atoms with Crippen LogP contribution in [0.4, 0.5) is 0 Å². The maximum absolute atomic E-state index is 4.76. The molecule has 1 aliphatic rings. The zero-order valence-electron chi connectivity index (χ0n) is 15.3.